The van der Waals surface area contributed by atoms with Gasteiger partial charge in [-0.1, -0.05) is 107 Å². The van der Waals surface area contributed by atoms with E-state index in [4.69, 9.17) is 21.4 Å². The highest BCUT2D eigenvalue weighted by molar-refractivity contribution is 7.13. The number of rotatable bonds is 23. The summed E-state index contributed by atoms with van der Waals surface area (Å²) < 4.78 is 2.03. The summed E-state index contributed by atoms with van der Waals surface area (Å²) in [5.41, 5.74) is 23.9. The van der Waals surface area contributed by atoms with E-state index in [2.05, 4.69) is 56.3 Å². The van der Waals surface area contributed by atoms with Crippen LogP contribution in [0.2, 0.25) is 0 Å². The number of aryl methyl sites for hydroxylation is 2. The van der Waals surface area contributed by atoms with Gasteiger partial charge in [-0.25, -0.2) is 19.9 Å². The van der Waals surface area contributed by atoms with Gasteiger partial charge in [-0.3, -0.25) is 23.7 Å². The van der Waals surface area contributed by atoms with Crippen LogP contribution in [0.4, 0.5) is 5.82 Å². The number of carbonyl (C=O) groups excluding carboxylic acids is 4. The normalized spacial score (nSPS) is 16.4. The topological polar surface area (TPSA) is 236 Å². The second-order valence-electron chi connectivity index (χ2n) is 22.5. The number of benzene rings is 3. The Kier molecular flexibility index (Phi) is 18.0. The van der Waals surface area contributed by atoms with E-state index in [1.165, 1.54) is 4.90 Å². The molecule has 17 heteroatoms. The Labute approximate surface area is 467 Å². The Morgan fingerprint density at radius 1 is 0.810 bits per heavy atom. The summed E-state index contributed by atoms with van der Waals surface area (Å²) in [4.78, 5) is 75.1. The standard InChI is InChI=1S/C62H75N11O5S/c1-40-54(79-39-68-40)43-22-19-42(20-23-43)37-67-59(77)51-36-47(74)38-72(51)60(78)55(61(2,3)4)71-53(76)18-10-8-6-5-7-9-11-33-65-52(75)30-21-41-15-12-16-44(35-41)49-28-29-50-58(69-49)73(57(70-50)48-17-13-34-66-56(48)63)46-26-24-45(25-27-46)62(64)31-14-32-62/h12-13,15-17,19-20,22-29,34-35,39,47,51,55,74H,5-11,14,18,21,30-33,36-38,64H2,1-4H3,(H2,63,66)(H,65,75)(H,67,77)(H,71,76)/t47-,51+,55?/m1/s1. The number of amides is 4. The first-order chi connectivity index (χ1) is 38.0. The molecule has 2 fully saturated rings. The quantitative estimate of drug-likeness (QED) is 0.0330. The number of aliphatic hydroxyl groups is 1. The molecule has 1 aliphatic carbocycles. The zero-order valence-corrected chi connectivity index (χ0v) is 46.8. The molecule has 79 heavy (non-hydrogen) atoms. The zero-order valence-electron chi connectivity index (χ0n) is 46.0. The predicted molar refractivity (Wildman–Crippen MR) is 312 cm³/mol. The second kappa shape index (κ2) is 25.2. The Morgan fingerprint density at radius 2 is 1.56 bits per heavy atom. The third-order valence-electron chi connectivity index (χ3n) is 15.5. The SMILES string of the molecule is Cc1ncsc1-c1ccc(CNC(=O)[C@@H]2C[C@@H](O)CN2C(=O)C(NC(=O)CCCCCCCCCNC(=O)CCc2cccc(-c3ccc4nc(-c5cccnc5N)n(-c5ccc(C6(N)CCC6)cc5)c4n3)c2)C(C)(C)C)cc1. The van der Waals surface area contributed by atoms with E-state index in [-0.39, 0.29) is 48.7 Å². The van der Waals surface area contributed by atoms with E-state index >= 15 is 0 Å². The molecule has 1 saturated carbocycles. The van der Waals surface area contributed by atoms with Gasteiger partial charge in [0.1, 0.15) is 23.4 Å². The monoisotopic (exact) mass is 1090 g/mol. The Balaban J connectivity index is 0.678. The molecule has 0 radical (unpaired) electrons. The van der Waals surface area contributed by atoms with Gasteiger partial charge >= 0.3 is 0 Å². The molecule has 1 aliphatic heterocycles. The highest BCUT2D eigenvalue weighted by Crippen LogP contribution is 2.40. The van der Waals surface area contributed by atoms with Crippen LogP contribution in [-0.4, -0.2) is 89.4 Å². The Bertz CT molecular complexity index is 3250. The van der Waals surface area contributed by atoms with Gasteiger partial charge in [-0.2, -0.15) is 0 Å². The lowest BCUT2D eigenvalue weighted by Gasteiger charge is -2.38. The number of likely N-dealkylation sites (tertiary alicyclic amines) is 1. The lowest BCUT2D eigenvalue weighted by molar-refractivity contribution is -0.144. The summed E-state index contributed by atoms with van der Waals surface area (Å²) >= 11 is 1.58. The van der Waals surface area contributed by atoms with Gasteiger partial charge in [-0.15, -0.1) is 11.3 Å². The molecule has 5 heterocycles. The number of nitrogen functional groups attached to an aromatic ring is 1. The summed E-state index contributed by atoms with van der Waals surface area (Å²) in [5.74, 6) is 0.148. The van der Waals surface area contributed by atoms with Crippen molar-refractivity contribution >= 4 is 51.9 Å². The van der Waals surface area contributed by atoms with E-state index in [9.17, 15) is 24.3 Å². The van der Waals surface area contributed by atoms with Crippen molar-refractivity contribution in [1.29, 1.82) is 0 Å². The van der Waals surface area contributed by atoms with Crippen LogP contribution in [0.15, 0.2) is 109 Å². The van der Waals surface area contributed by atoms with E-state index < -0.39 is 23.6 Å². The average Bonchev–Trinajstić information content (AvgIpc) is 4.35. The molecule has 9 rings (SSSR count). The fraction of sp³-hybridized carbons (Fsp3) is 0.419. The zero-order chi connectivity index (χ0) is 55.7. The maximum Gasteiger partial charge on any atom is 0.246 e. The minimum Gasteiger partial charge on any atom is -0.391 e. The van der Waals surface area contributed by atoms with Crippen LogP contribution in [0.5, 0.6) is 0 Å². The number of nitrogens with zero attached hydrogens (tertiary/aromatic N) is 6. The van der Waals surface area contributed by atoms with Crippen molar-refractivity contribution in [2.24, 2.45) is 11.1 Å². The lowest BCUT2D eigenvalue weighted by Crippen LogP contribution is -2.57. The number of aliphatic hydroxyl groups excluding tert-OH is 1. The molecule has 2 aliphatic rings. The number of fused-ring (bicyclic) bond motifs is 1. The number of hydrogen-bond donors (Lipinski definition) is 6. The average molecular weight is 1090 g/mol. The highest BCUT2D eigenvalue weighted by Gasteiger charge is 2.44. The van der Waals surface area contributed by atoms with E-state index in [0.717, 1.165) is 119 Å². The highest BCUT2D eigenvalue weighted by atomic mass is 32.1. The third kappa shape index (κ3) is 13.7. The molecule has 414 valence electrons. The van der Waals surface area contributed by atoms with Crippen LogP contribution in [0.3, 0.4) is 0 Å². The van der Waals surface area contributed by atoms with Crippen molar-refractivity contribution < 1.29 is 24.3 Å². The third-order valence-corrected chi connectivity index (χ3v) is 16.5. The molecule has 16 nitrogen and oxygen atoms in total. The maximum atomic E-state index is 14.1. The van der Waals surface area contributed by atoms with Crippen molar-refractivity contribution in [3.05, 3.63) is 131 Å². The van der Waals surface area contributed by atoms with Crippen molar-refractivity contribution in [3.63, 3.8) is 0 Å². The fourth-order valence-corrected chi connectivity index (χ4v) is 11.5. The fourth-order valence-electron chi connectivity index (χ4n) is 10.7. The molecule has 3 atom stereocenters. The first kappa shape index (κ1) is 56.4. The van der Waals surface area contributed by atoms with E-state index in [1.807, 2.05) is 105 Å². The smallest absolute Gasteiger partial charge is 0.246 e. The second-order valence-corrected chi connectivity index (χ2v) is 23.4. The van der Waals surface area contributed by atoms with Gasteiger partial charge in [0, 0.05) is 61.9 Å². The molecule has 0 spiro atoms. The molecule has 1 unspecified atom stereocenters. The van der Waals surface area contributed by atoms with E-state index in [0.29, 0.717) is 49.5 Å². The number of β-amino-alcohol motifs (C(OH)–C–C–N with tert-alkyl or cyclic N) is 1. The van der Waals surface area contributed by atoms with Gasteiger partial charge in [-0.05, 0) is 116 Å². The molecule has 8 N–H and O–H groups in total. The van der Waals surface area contributed by atoms with Crippen molar-refractivity contribution in [1.82, 2.24) is 45.4 Å². The largest absolute Gasteiger partial charge is 0.391 e. The molecule has 1 saturated heterocycles. The van der Waals surface area contributed by atoms with Crippen LogP contribution in [0.1, 0.15) is 127 Å². The molecule has 7 aromatic rings. The number of aromatic nitrogens is 5. The van der Waals surface area contributed by atoms with Crippen LogP contribution >= 0.6 is 11.3 Å². The summed E-state index contributed by atoms with van der Waals surface area (Å²) in [5, 5.41) is 19.7. The van der Waals surface area contributed by atoms with Crippen LogP contribution in [-0.2, 0) is 37.7 Å². The summed E-state index contributed by atoms with van der Waals surface area (Å²) in [6.45, 7) is 8.58. The number of hydrogen-bond acceptors (Lipinski definition) is 12. The minimum atomic E-state index is -0.862. The molecular weight excluding hydrogens is 1010 g/mol. The van der Waals surface area contributed by atoms with Crippen LogP contribution in [0.25, 0.3) is 49.9 Å². The van der Waals surface area contributed by atoms with Gasteiger partial charge < -0.3 is 37.4 Å². The van der Waals surface area contributed by atoms with Gasteiger partial charge in [0.2, 0.25) is 23.6 Å². The number of thiazole rings is 1. The Morgan fingerprint density at radius 3 is 2.25 bits per heavy atom. The van der Waals surface area contributed by atoms with Crippen LogP contribution in [0, 0.1) is 12.3 Å². The summed E-state index contributed by atoms with van der Waals surface area (Å²) in [6, 6.07) is 30.5. The molecule has 3 aromatic carbocycles. The van der Waals surface area contributed by atoms with Crippen molar-refractivity contribution in [2.75, 3.05) is 18.8 Å². The van der Waals surface area contributed by atoms with Crippen molar-refractivity contribution in [2.45, 2.75) is 148 Å². The van der Waals surface area contributed by atoms with Crippen molar-refractivity contribution in [3.8, 4) is 38.8 Å². The van der Waals surface area contributed by atoms with Crippen LogP contribution < -0.4 is 27.4 Å². The molecular formula is C62H75N11O5S. The molecule has 4 aromatic heterocycles. The molecule has 0 bridgehead atoms. The number of carbonyl (C=O) groups is 4. The van der Waals surface area contributed by atoms with Gasteiger partial charge in [0.25, 0.3) is 0 Å². The lowest BCUT2D eigenvalue weighted by atomic mass is 9.73. The van der Waals surface area contributed by atoms with Gasteiger partial charge in [0.15, 0.2) is 11.5 Å². The summed E-state index contributed by atoms with van der Waals surface area (Å²) in [6.07, 6.45) is 11.8. The number of nitrogens with one attached hydrogen (secondary N) is 3. The minimum absolute atomic E-state index is 0.0215. The molecule has 4 amide bonds. The number of nitrogens with two attached hydrogens (primary N) is 2. The van der Waals surface area contributed by atoms with E-state index in [1.54, 1.807) is 17.5 Å². The number of unbranched alkanes of at least 4 members (excludes halogenated alkanes) is 6. The van der Waals surface area contributed by atoms with Gasteiger partial charge in [0.05, 0.1) is 33.4 Å². The Hall–Kier alpha value is -7.34. The number of pyridine rings is 2. The maximum absolute atomic E-state index is 14.1. The first-order valence-corrected chi connectivity index (χ1v) is 28.8. The number of imidazole rings is 1. The first-order valence-electron chi connectivity index (χ1n) is 28.0. The number of anilines is 1. The predicted octanol–water partition coefficient (Wildman–Crippen LogP) is 9.48. The summed E-state index contributed by atoms with van der Waals surface area (Å²) in [7, 11) is 0.